The Morgan fingerprint density at radius 3 is 2.48 bits per heavy atom. The number of carbonyl (C=O) groups is 1. The molecule has 2 heterocycles. The number of ether oxygens (including phenoxy) is 2. The number of halogens is 1. The number of hydrogen-bond donors (Lipinski definition) is 1. The number of fused-ring (bicyclic) bond motifs is 1. The van der Waals surface area contributed by atoms with Crippen LogP contribution in [0.5, 0.6) is 5.75 Å². The van der Waals surface area contributed by atoms with Crippen LogP contribution in [0.15, 0.2) is 42.6 Å². The van der Waals surface area contributed by atoms with Crippen molar-refractivity contribution in [3.05, 3.63) is 53.9 Å². The van der Waals surface area contributed by atoms with Gasteiger partial charge in [0.2, 0.25) is 0 Å². The largest absolute Gasteiger partial charge is 0.494 e. The molecule has 6 nitrogen and oxygen atoms in total. The predicted octanol–water partition coefficient (Wildman–Crippen LogP) is 4.68. The first-order valence-corrected chi connectivity index (χ1v) is 8.55. The Hall–Kier alpha value is -2.86. The van der Waals surface area contributed by atoms with Crippen molar-refractivity contribution < 1.29 is 14.3 Å². The van der Waals surface area contributed by atoms with Crippen molar-refractivity contribution in [3.8, 4) is 5.75 Å². The number of carbonyl (C=O) groups excluding carboxylic acids is 1. The van der Waals surface area contributed by atoms with Crippen LogP contribution in [0.2, 0.25) is 0 Å². The number of rotatable bonds is 6. The number of aromatic nitrogens is 2. The molecule has 142 valence electrons. The predicted molar refractivity (Wildman–Crippen MR) is 108 cm³/mol. The molecule has 0 aliphatic carbocycles. The first-order chi connectivity index (χ1) is 12.6. The molecule has 0 atom stereocenters. The van der Waals surface area contributed by atoms with Gasteiger partial charge in [0.05, 0.1) is 18.9 Å². The summed E-state index contributed by atoms with van der Waals surface area (Å²) < 4.78 is 10.6. The van der Waals surface area contributed by atoms with Crippen molar-refractivity contribution >= 4 is 40.8 Å². The molecule has 0 saturated carbocycles. The van der Waals surface area contributed by atoms with E-state index in [1.54, 1.807) is 6.92 Å². The normalized spacial score (nSPS) is 10.2. The summed E-state index contributed by atoms with van der Waals surface area (Å²) in [5.41, 5.74) is 3.27. The minimum Gasteiger partial charge on any atom is -0.494 e. The highest BCUT2D eigenvalue weighted by Crippen LogP contribution is 2.30. The molecule has 0 saturated heterocycles. The quantitative estimate of drug-likeness (QED) is 0.619. The Labute approximate surface area is 164 Å². The van der Waals surface area contributed by atoms with Gasteiger partial charge in [-0.2, -0.15) is 0 Å². The molecular weight excluding hydrogens is 366 g/mol. The molecule has 1 N–H and O–H groups in total. The molecule has 27 heavy (non-hydrogen) atoms. The van der Waals surface area contributed by atoms with Gasteiger partial charge in [0.25, 0.3) is 0 Å². The molecule has 0 radical (unpaired) electrons. The highest BCUT2D eigenvalue weighted by Gasteiger charge is 2.17. The lowest BCUT2D eigenvalue weighted by molar-refractivity contribution is 0.0527. The van der Waals surface area contributed by atoms with Crippen molar-refractivity contribution in [2.45, 2.75) is 20.8 Å². The van der Waals surface area contributed by atoms with E-state index in [9.17, 15) is 4.79 Å². The molecule has 0 bridgehead atoms. The maximum absolute atomic E-state index is 12.4. The third-order valence-electron chi connectivity index (χ3n) is 3.80. The van der Waals surface area contributed by atoms with Gasteiger partial charge in [-0.05, 0) is 57.2 Å². The molecule has 0 fully saturated rings. The van der Waals surface area contributed by atoms with Gasteiger partial charge in [0.15, 0.2) is 5.65 Å². The monoisotopic (exact) mass is 387 g/mol. The Morgan fingerprint density at radius 1 is 1.07 bits per heavy atom. The Kier molecular flexibility index (Phi) is 6.96. The summed E-state index contributed by atoms with van der Waals surface area (Å²) in [5, 5.41) is 4.07. The Balaban J connectivity index is 0.00000261. The second-order valence-corrected chi connectivity index (χ2v) is 5.67. The van der Waals surface area contributed by atoms with Gasteiger partial charge in [-0.15, -0.1) is 12.4 Å². The molecule has 1 aromatic carbocycles. The standard InChI is InChI=1S/C20H21N3O3.ClH/c1-4-25-15-9-7-14(8-10-15)23-18-16-11-6-13(3)22-19(16)21-12-17(18)20(24)26-5-2;/h6-12H,4-5H2,1-3H3,(H,21,22,23);1H. The highest BCUT2D eigenvalue weighted by molar-refractivity contribution is 6.05. The van der Waals surface area contributed by atoms with Gasteiger partial charge in [0.1, 0.15) is 11.3 Å². The second kappa shape index (κ2) is 9.19. The van der Waals surface area contributed by atoms with E-state index in [1.165, 1.54) is 6.20 Å². The first-order valence-electron chi connectivity index (χ1n) is 8.55. The second-order valence-electron chi connectivity index (χ2n) is 5.67. The van der Waals surface area contributed by atoms with E-state index in [2.05, 4.69) is 15.3 Å². The van der Waals surface area contributed by atoms with E-state index < -0.39 is 5.97 Å². The van der Waals surface area contributed by atoms with E-state index in [4.69, 9.17) is 9.47 Å². The van der Waals surface area contributed by atoms with Crippen LogP contribution in [0.4, 0.5) is 11.4 Å². The molecule has 3 rings (SSSR count). The van der Waals surface area contributed by atoms with Gasteiger partial charge in [-0.1, -0.05) is 0 Å². The van der Waals surface area contributed by atoms with Crippen LogP contribution in [-0.2, 0) is 4.74 Å². The van der Waals surface area contributed by atoms with Gasteiger partial charge >= 0.3 is 5.97 Å². The summed E-state index contributed by atoms with van der Waals surface area (Å²) in [7, 11) is 0. The summed E-state index contributed by atoms with van der Waals surface area (Å²) in [6.45, 7) is 6.53. The van der Waals surface area contributed by atoms with Crippen LogP contribution in [0, 0.1) is 6.92 Å². The smallest absolute Gasteiger partial charge is 0.341 e. The summed E-state index contributed by atoms with van der Waals surface area (Å²) in [4.78, 5) is 21.1. The maximum atomic E-state index is 12.4. The molecule has 7 heteroatoms. The fourth-order valence-electron chi connectivity index (χ4n) is 2.62. The number of anilines is 2. The lowest BCUT2D eigenvalue weighted by Gasteiger charge is -2.14. The summed E-state index contributed by atoms with van der Waals surface area (Å²) in [6.07, 6.45) is 1.50. The lowest BCUT2D eigenvalue weighted by atomic mass is 10.1. The first kappa shape index (κ1) is 20.5. The van der Waals surface area contributed by atoms with E-state index >= 15 is 0 Å². The number of nitrogens with one attached hydrogen (secondary N) is 1. The highest BCUT2D eigenvalue weighted by atomic mass is 35.5. The molecule has 0 amide bonds. The van der Waals surface area contributed by atoms with Crippen LogP contribution in [0.25, 0.3) is 11.0 Å². The molecular formula is C20H22ClN3O3. The minimum absolute atomic E-state index is 0. The van der Waals surface area contributed by atoms with Gasteiger partial charge in [-0.25, -0.2) is 14.8 Å². The molecule has 0 aliphatic heterocycles. The topological polar surface area (TPSA) is 73.3 Å². The van der Waals surface area contributed by atoms with E-state index in [-0.39, 0.29) is 12.4 Å². The van der Waals surface area contributed by atoms with Crippen LogP contribution in [0.1, 0.15) is 29.9 Å². The van der Waals surface area contributed by atoms with E-state index in [1.807, 2.05) is 50.2 Å². The van der Waals surface area contributed by atoms with Crippen molar-refractivity contribution in [2.24, 2.45) is 0 Å². The Morgan fingerprint density at radius 2 is 1.81 bits per heavy atom. The van der Waals surface area contributed by atoms with Crippen LogP contribution < -0.4 is 10.1 Å². The van der Waals surface area contributed by atoms with Crippen LogP contribution in [0.3, 0.4) is 0 Å². The van der Waals surface area contributed by atoms with Crippen molar-refractivity contribution in [3.63, 3.8) is 0 Å². The van der Waals surface area contributed by atoms with E-state index in [0.29, 0.717) is 30.1 Å². The summed E-state index contributed by atoms with van der Waals surface area (Å²) >= 11 is 0. The maximum Gasteiger partial charge on any atom is 0.341 e. The average Bonchev–Trinajstić information content (AvgIpc) is 2.63. The van der Waals surface area contributed by atoms with Crippen LogP contribution in [-0.4, -0.2) is 29.2 Å². The lowest BCUT2D eigenvalue weighted by Crippen LogP contribution is -2.09. The molecule has 0 spiro atoms. The third-order valence-corrected chi connectivity index (χ3v) is 3.80. The fourth-order valence-corrected chi connectivity index (χ4v) is 2.62. The number of benzene rings is 1. The molecule has 0 aliphatic rings. The van der Waals surface area contributed by atoms with Crippen molar-refractivity contribution in [1.29, 1.82) is 0 Å². The zero-order valence-electron chi connectivity index (χ0n) is 15.5. The summed E-state index contributed by atoms with van der Waals surface area (Å²) in [5.74, 6) is 0.372. The number of pyridine rings is 2. The van der Waals surface area contributed by atoms with Gasteiger partial charge < -0.3 is 14.8 Å². The van der Waals surface area contributed by atoms with Gasteiger partial charge in [-0.3, -0.25) is 0 Å². The van der Waals surface area contributed by atoms with Crippen molar-refractivity contribution in [2.75, 3.05) is 18.5 Å². The average molecular weight is 388 g/mol. The molecule has 2 aromatic heterocycles. The number of esters is 1. The zero-order valence-corrected chi connectivity index (χ0v) is 16.3. The Bertz CT molecular complexity index is 930. The van der Waals surface area contributed by atoms with Crippen LogP contribution >= 0.6 is 12.4 Å². The minimum atomic E-state index is -0.420. The van der Waals surface area contributed by atoms with Gasteiger partial charge in [0, 0.05) is 23.0 Å². The third kappa shape index (κ3) is 4.65. The molecule has 0 unspecified atom stereocenters. The fraction of sp³-hybridized carbons (Fsp3) is 0.250. The van der Waals surface area contributed by atoms with E-state index in [0.717, 1.165) is 22.5 Å². The SMILES string of the molecule is CCOC(=O)c1cnc2nc(C)ccc2c1Nc1ccc(OCC)cc1.Cl. The summed E-state index contributed by atoms with van der Waals surface area (Å²) in [6, 6.07) is 11.3. The zero-order chi connectivity index (χ0) is 18.5. The molecule has 3 aromatic rings. The number of hydrogen-bond acceptors (Lipinski definition) is 6. The van der Waals surface area contributed by atoms with Crippen molar-refractivity contribution in [1.82, 2.24) is 9.97 Å². The number of nitrogens with zero attached hydrogens (tertiary/aromatic N) is 2. The number of aryl methyl sites for hydroxylation is 1.